The Morgan fingerprint density at radius 1 is 1.12 bits per heavy atom. The molecular formula is C13H9NOS. The van der Waals surface area contributed by atoms with E-state index < -0.39 is 0 Å². The maximum absolute atomic E-state index is 11.1. The molecule has 0 fully saturated rings. The number of hydrogen-bond donors (Lipinski definition) is 0. The highest BCUT2D eigenvalue weighted by atomic mass is 32.1. The molecule has 78 valence electrons. The molecule has 3 aromatic rings. The van der Waals surface area contributed by atoms with E-state index in [2.05, 4.69) is 0 Å². The van der Waals surface area contributed by atoms with E-state index in [4.69, 9.17) is 0 Å². The lowest BCUT2D eigenvalue weighted by Gasteiger charge is -2.03. The fraction of sp³-hybridized carbons (Fsp3) is 0. The third kappa shape index (κ3) is 1.29. The van der Waals surface area contributed by atoms with Crippen molar-refractivity contribution in [2.24, 2.45) is 0 Å². The van der Waals surface area contributed by atoms with Crippen molar-refractivity contribution < 1.29 is 4.79 Å². The topological polar surface area (TPSA) is 22.0 Å². The highest BCUT2D eigenvalue weighted by Crippen LogP contribution is 2.25. The normalized spacial score (nSPS) is 10.8. The molecule has 0 bridgehead atoms. The molecule has 2 aromatic heterocycles. The van der Waals surface area contributed by atoms with Gasteiger partial charge in [0, 0.05) is 5.39 Å². The molecular weight excluding hydrogens is 218 g/mol. The third-order valence-electron chi connectivity index (χ3n) is 2.59. The Morgan fingerprint density at radius 2 is 2.00 bits per heavy atom. The number of hydrogen-bond acceptors (Lipinski definition) is 2. The fourth-order valence-corrected chi connectivity index (χ4v) is 2.67. The zero-order chi connectivity index (χ0) is 11.0. The Bertz CT molecular complexity index is 637. The van der Waals surface area contributed by atoms with Crippen LogP contribution in [0.3, 0.4) is 0 Å². The van der Waals surface area contributed by atoms with Crippen LogP contribution in [0.4, 0.5) is 0 Å². The second-order valence-corrected chi connectivity index (χ2v) is 4.46. The van der Waals surface area contributed by atoms with Crippen LogP contribution in [0.1, 0.15) is 10.5 Å². The minimum absolute atomic E-state index is 0.698. The zero-order valence-electron chi connectivity index (χ0n) is 8.46. The van der Waals surface area contributed by atoms with Gasteiger partial charge in [-0.2, -0.15) is 0 Å². The summed E-state index contributed by atoms with van der Waals surface area (Å²) in [5.41, 5.74) is 1.77. The number of para-hydroxylation sites is 1. The summed E-state index contributed by atoms with van der Waals surface area (Å²) in [7, 11) is 0. The minimum Gasteiger partial charge on any atom is -0.298 e. The maximum Gasteiger partial charge on any atom is 0.166 e. The SMILES string of the molecule is O=Cc1cc2ccccc2n1-c1cccs1. The summed E-state index contributed by atoms with van der Waals surface area (Å²) in [6.45, 7) is 0. The first-order valence-electron chi connectivity index (χ1n) is 5.00. The van der Waals surface area contributed by atoms with E-state index >= 15 is 0 Å². The monoisotopic (exact) mass is 227 g/mol. The number of nitrogens with zero attached hydrogens (tertiary/aromatic N) is 1. The number of benzene rings is 1. The van der Waals surface area contributed by atoms with Crippen LogP contribution in [0.2, 0.25) is 0 Å². The molecule has 0 radical (unpaired) electrons. The van der Waals surface area contributed by atoms with Crippen molar-refractivity contribution in [3.05, 3.63) is 53.5 Å². The van der Waals surface area contributed by atoms with Crippen molar-refractivity contribution in [3.63, 3.8) is 0 Å². The van der Waals surface area contributed by atoms with Crippen LogP contribution in [-0.2, 0) is 0 Å². The Kier molecular flexibility index (Phi) is 2.11. The molecule has 0 amide bonds. The lowest BCUT2D eigenvalue weighted by Crippen LogP contribution is -1.95. The number of aromatic nitrogens is 1. The second kappa shape index (κ2) is 3.61. The average Bonchev–Trinajstić information content (AvgIpc) is 2.94. The first-order valence-corrected chi connectivity index (χ1v) is 5.87. The molecule has 0 spiro atoms. The predicted octanol–water partition coefficient (Wildman–Crippen LogP) is 3.50. The van der Waals surface area contributed by atoms with E-state index in [0.717, 1.165) is 22.2 Å². The summed E-state index contributed by atoms with van der Waals surface area (Å²) in [4.78, 5) is 11.1. The summed E-state index contributed by atoms with van der Waals surface area (Å²) in [5.74, 6) is 0. The molecule has 16 heavy (non-hydrogen) atoms. The molecule has 0 unspecified atom stereocenters. The van der Waals surface area contributed by atoms with Crippen LogP contribution in [-0.4, -0.2) is 10.9 Å². The van der Waals surface area contributed by atoms with Crippen LogP contribution in [0.15, 0.2) is 47.8 Å². The first-order chi connectivity index (χ1) is 7.90. The number of carbonyl (C=O) groups is 1. The Morgan fingerprint density at radius 3 is 2.75 bits per heavy atom. The van der Waals surface area contributed by atoms with Gasteiger partial charge < -0.3 is 0 Å². The minimum atomic E-state index is 0.698. The Hall–Kier alpha value is -1.87. The fourth-order valence-electron chi connectivity index (χ4n) is 1.91. The summed E-state index contributed by atoms with van der Waals surface area (Å²) in [5, 5.41) is 4.18. The molecule has 1 aromatic carbocycles. The average molecular weight is 227 g/mol. The van der Waals surface area contributed by atoms with Gasteiger partial charge in [-0.05, 0) is 29.6 Å². The van der Waals surface area contributed by atoms with Crippen LogP contribution in [0.25, 0.3) is 15.9 Å². The molecule has 0 aliphatic carbocycles. The zero-order valence-corrected chi connectivity index (χ0v) is 9.28. The maximum atomic E-state index is 11.1. The molecule has 2 heterocycles. The first kappa shape index (κ1) is 9.36. The Balaban J connectivity index is 2.40. The highest BCUT2D eigenvalue weighted by Gasteiger charge is 2.09. The van der Waals surface area contributed by atoms with Gasteiger partial charge in [-0.25, -0.2) is 0 Å². The van der Waals surface area contributed by atoms with Gasteiger partial charge in [0.15, 0.2) is 6.29 Å². The number of rotatable bonds is 2. The lowest BCUT2D eigenvalue weighted by atomic mass is 10.2. The molecule has 0 aliphatic heterocycles. The van der Waals surface area contributed by atoms with Gasteiger partial charge in [0.05, 0.1) is 11.2 Å². The second-order valence-electron chi connectivity index (χ2n) is 3.53. The largest absolute Gasteiger partial charge is 0.298 e. The summed E-state index contributed by atoms with van der Waals surface area (Å²) < 4.78 is 1.99. The molecule has 2 nitrogen and oxygen atoms in total. The van der Waals surface area contributed by atoms with Crippen molar-refractivity contribution in [1.82, 2.24) is 4.57 Å². The molecule has 3 heteroatoms. The van der Waals surface area contributed by atoms with Crippen molar-refractivity contribution >= 4 is 28.5 Å². The highest BCUT2D eigenvalue weighted by molar-refractivity contribution is 7.12. The van der Waals surface area contributed by atoms with Crippen molar-refractivity contribution in [1.29, 1.82) is 0 Å². The van der Waals surface area contributed by atoms with Crippen LogP contribution in [0.5, 0.6) is 0 Å². The van der Waals surface area contributed by atoms with Crippen molar-refractivity contribution in [2.75, 3.05) is 0 Å². The van der Waals surface area contributed by atoms with Gasteiger partial charge in [-0.1, -0.05) is 18.2 Å². The number of thiophene rings is 1. The van der Waals surface area contributed by atoms with Gasteiger partial charge >= 0.3 is 0 Å². The molecule has 3 rings (SSSR count). The summed E-state index contributed by atoms with van der Waals surface area (Å²) in [6, 6.07) is 13.9. The number of fused-ring (bicyclic) bond motifs is 1. The van der Waals surface area contributed by atoms with E-state index in [1.165, 1.54) is 0 Å². The van der Waals surface area contributed by atoms with Gasteiger partial charge in [-0.15, -0.1) is 11.3 Å². The van der Waals surface area contributed by atoms with E-state index in [1.807, 2.05) is 52.4 Å². The van der Waals surface area contributed by atoms with E-state index in [1.54, 1.807) is 11.3 Å². The molecule has 0 saturated carbocycles. The van der Waals surface area contributed by atoms with Gasteiger partial charge in [0.25, 0.3) is 0 Å². The lowest BCUT2D eigenvalue weighted by molar-refractivity contribution is 0.111. The van der Waals surface area contributed by atoms with Gasteiger partial charge in [-0.3, -0.25) is 9.36 Å². The smallest absolute Gasteiger partial charge is 0.166 e. The molecule has 0 N–H and O–H groups in total. The predicted molar refractivity (Wildman–Crippen MR) is 66.5 cm³/mol. The molecule has 0 atom stereocenters. The van der Waals surface area contributed by atoms with E-state index in [0.29, 0.717) is 5.69 Å². The van der Waals surface area contributed by atoms with Crippen LogP contribution < -0.4 is 0 Å². The number of aldehydes is 1. The standard InChI is InChI=1S/C13H9NOS/c15-9-11-8-10-4-1-2-5-12(10)14(11)13-6-3-7-16-13/h1-9H. The molecule has 0 aliphatic rings. The quantitative estimate of drug-likeness (QED) is 0.614. The summed E-state index contributed by atoms with van der Waals surface area (Å²) >= 11 is 1.63. The molecule has 0 saturated heterocycles. The van der Waals surface area contributed by atoms with Crippen molar-refractivity contribution in [3.8, 4) is 5.00 Å². The van der Waals surface area contributed by atoms with E-state index in [9.17, 15) is 4.79 Å². The third-order valence-corrected chi connectivity index (χ3v) is 3.44. The van der Waals surface area contributed by atoms with Crippen LogP contribution >= 0.6 is 11.3 Å². The van der Waals surface area contributed by atoms with E-state index in [-0.39, 0.29) is 0 Å². The van der Waals surface area contributed by atoms with Gasteiger partial charge in [0.2, 0.25) is 0 Å². The van der Waals surface area contributed by atoms with Gasteiger partial charge in [0.1, 0.15) is 5.00 Å². The summed E-state index contributed by atoms with van der Waals surface area (Å²) in [6.07, 6.45) is 0.902. The van der Waals surface area contributed by atoms with Crippen molar-refractivity contribution in [2.45, 2.75) is 0 Å². The number of carbonyl (C=O) groups excluding carboxylic acids is 1. The Labute approximate surface area is 96.8 Å². The van der Waals surface area contributed by atoms with Crippen LogP contribution in [0, 0.1) is 0 Å².